The molecule has 0 radical (unpaired) electrons. The van der Waals surface area contributed by atoms with Gasteiger partial charge in [-0.1, -0.05) is 0 Å². The Kier molecular flexibility index (Phi) is 3.33. The van der Waals surface area contributed by atoms with E-state index in [2.05, 4.69) is 15.3 Å². The molecule has 94 valence electrons. The van der Waals surface area contributed by atoms with Crippen molar-refractivity contribution in [2.75, 3.05) is 7.05 Å². The first-order valence-corrected chi connectivity index (χ1v) is 5.24. The number of nitro benzene ring substituents is 1. The van der Waals surface area contributed by atoms with Gasteiger partial charge in [-0.2, -0.15) is 4.39 Å². The summed E-state index contributed by atoms with van der Waals surface area (Å²) in [6, 6.07) is 3.73. The third-order valence-corrected chi connectivity index (χ3v) is 2.43. The highest BCUT2D eigenvalue weighted by molar-refractivity contribution is 5.62. The molecule has 7 heteroatoms. The molecule has 0 amide bonds. The lowest BCUT2D eigenvalue weighted by atomic mass is 10.1. The van der Waals surface area contributed by atoms with Crippen LogP contribution in [0.2, 0.25) is 0 Å². The van der Waals surface area contributed by atoms with E-state index in [9.17, 15) is 14.5 Å². The van der Waals surface area contributed by atoms with Crippen LogP contribution in [0.15, 0.2) is 24.4 Å². The Bertz CT molecular complexity index is 582. The molecule has 6 nitrogen and oxygen atoms in total. The molecule has 0 aliphatic rings. The Morgan fingerprint density at radius 3 is 3.00 bits per heavy atom. The molecule has 1 aromatic carbocycles. The summed E-state index contributed by atoms with van der Waals surface area (Å²) in [7, 11) is 1.78. The van der Waals surface area contributed by atoms with Gasteiger partial charge in [0, 0.05) is 11.6 Å². The topological polar surface area (TPSA) is 83.8 Å². The second kappa shape index (κ2) is 4.92. The predicted molar refractivity (Wildman–Crippen MR) is 63.4 cm³/mol. The third kappa shape index (κ3) is 2.35. The van der Waals surface area contributed by atoms with Crippen LogP contribution in [-0.2, 0) is 6.54 Å². The molecule has 1 heterocycles. The Labute approximate surface area is 102 Å². The van der Waals surface area contributed by atoms with Crippen LogP contribution in [0.4, 0.5) is 10.1 Å². The number of hydrogen-bond acceptors (Lipinski definition) is 4. The minimum Gasteiger partial charge on any atom is -0.341 e. The number of rotatable bonds is 4. The average molecular weight is 250 g/mol. The Morgan fingerprint density at radius 1 is 1.56 bits per heavy atom. The molecule has 0 saturated heterocycles. The summed E-state index contributed by atoms with van der Waals surface area (Å²) in [6.45, 7) is 0.559. The van der Waals surface area contributed by atoms with Crippen LogP contribution in [0.5, 0.6) is 0 Å². The fourth-order valence-corrected chi connectivity index (χ4v) is 1.59. The predicted octanol–water partition coefficient (Wildman–Crippen LogP) is 1.84. The van der Waals surface area contributed by atoms with Crippen LogP contribution in [0.25, 0.3) is 11.3 Å². The van der Waals surface area contributed by atoms with Crippen molar-refractivity contribution < 1.29 is 9.31 Å². The maximum absolute atomic E-state index is 13.2. The first-order chi connectivity index (χ1) is 8.61. The molecule has 2 N–H and O–H groups in total. The van der Waals surface area contributed by atoms with Crippen molar-refractivity contribution in [1.82, 2.24) is 15.3 Å². The molecule has 1 aromatic heterocycles. The Balaban J connectivity index is 2.38. The molecular formula is C11H11FN4O2. The number of hydrogen-bond donors (Lipinski definition) is 2. The molecule has 2 rings (SSSR count). The van der Waals surface area contributed by atoms with Gasteiger partial charge in [0.2, 0.25) is 5.82 Å². The van der Waals surface area contributed by atoms with Crippen molar-refractivity contribution in [2.24, 2.45) is 0 Å². The van der Waals surface area contributed by atoms with Gasteiger partial charge < -0.3 is 10.3 Å². The van der Waals surface area contributed by atoms with Gasteiger partial charge in [0.05, 0.1) is 23.4 Å². The fourth-order valence-electron chi connectivity index (χ4n) is 1.59. The molecule has 2 aromatic rings. The number of nitro groups is 1. The third-order valence-electron chi connectivity index (χ3n) is 2.43. The summed E-state index contributed by atoms with van der Waals surface area (Å²) in [4.78, 5) is 17.0. The molecule has 0 aliphatic carbocycles. The Morgan fingerprint density at radius 2 is 2.33 bits per heavy atom. The molecule has 0 atom stereocenters. The van der Waals surface area contributed by atoms with Gasteiger partial charge >= 0.3 is 5.69 Å². The minimum atomic E-state index is -0.848. The van der Waals surface area contributed by atoms with Crippen molar-refractivity contribution in [3.05, 3.63) is 46.2 Å². The fraction of sp³-hybridized carbons (Fsp3) is 0.182. The van der Waals surface area contributed by atoms with Gasteiger partial charge in [-0.05, 0) is 19.2 Å². The van der Waals surface area contributed by atoms with Gasteiger partial charge in [0.1, 0.15) is 5.82 Å². The number of H-pyrrole nitrogens is 1. The highest BCUT2D eigenvalue weighted by atomic mass is 19.1. The zero-order chi connectivity index (χ0) is 13.1. The monoisotopic (exact) mass is 250 g/mol. The molecule has 0 aliphatic heterocycles. The van der Waals surface area contributed by atoms with E-state index in [1.807, 2.05) is 0 Å². The van der Waals surface area contributed by atoms with Crippen LogP contribution in [0.3, 0.4) is 0 Å². The summed E-state index contributed by atoms with van der Waals surface area (Å²) < 4.78 is 13.2. The summed E-state index contributed by atoms with van der Waals surface area (Å²) >= 11 is 0. The zero-order valence-electron chi connectivity index (χ0n) is 9.61. The number of benzene rings is 1. The van der Waals surface area contributed by atoms with Crippen LogP contribution in [0, 0.1) is 15.9 Å². The molecule has 0 bridgehead atoms. The highest BCUT2D eigenvalue weighted by Crippen LogP contribution is 2.25. The number of nitrogens with one attached hydrogen (secondary N) is 2. The van der Waals surface area contributed by atoms with E-state index >= 15 is 0 Å². The SMILES string of the molecule is CNCc1ncc(-c2ccc(F)c([N+](=O)[O-])c2)[nH]1. The normalized spacial score (nSPS) is 10.6. The lowest BCUT2D eigenvalue weighted by Crippen LogP contribution is -2.06. The van der Waals surface area contributed by atoms with E-state index < -0.39 is 16.4 Å². The molecular weight excluding hydrogens is 239 g/mol. The van der Waals surface area contributed by atoms with E-state index in [1.165, 1.54) is 12.1 Å². The van der Waals surface area contributed by atoms with E-state index in [0.29, 0.717) is 23.6 Å². The minimum absolute atomic E-state index is 0.526. The van der Waals surface area contributed by atoms with E-state index in [-0.39, 0.29) is 0 Å². The van der Waals surface area contributed by atoms with Gasteiger partial charge in [0.25, 0.3) is 0 Å². The van der Waals surface area contributed by atoms with Crippen molar-refractivity contribution in [3.63, 3.8) is 0 Å². The van der Waals surface area contributed by atoms with E-state index in [0.717, 1.165) is 6.07 Å². The molecule has 0 fully saturated rings. The van der Waals surface area contributed by atoms with Crippen molar-refractivity contribution in [3.8, 4) is 11.3 Å². The van der Waals surface area contributed by atoms with Crippen LogP contribution >= 0.6 is 0 Å². The number of nitrogens with zero attached hydrogens (tertiary/aromatic N) is 2. The average Bonchev–Trinajstić information content (AvgIpc) is 2.78. The van der Waals surface area contributed by atoms with Crippen LogP contribution < -0.4 is 5.32 Å². The Hall–Kier alpha value is -2.28. The molecule has 0 unspecified atom stereocenters. The zero-order valence-corrected chi connectivity index (χ0v) is 9.61. The first kappa shape index (κ1) is 12.2. The van der Waals surface area contributed by atoms with Crippen LogP contribution in [-0.4, -0.2) is 21.9 Å². The smallest absolute Gasteiger partial charge is 0.305 e. The maximum atomic E-state index is 13.2. The largest absolute Gasteiger partial charge is 0.341 e. The lowest BCUT2D eigenvalue weighted by molar-refractivity contribution is -0.387. The van der Waals surface area contributed by atoms with Gasteiger partial charge in [-0.25, -0.2) is 4.98 Å². The number of aromatic nitrogens is 2. The quantitative estimate of drug-likeness (QED) is 0.640. The molecule has 0 spiro atoms. The number of aromatic amines is 1. The molecule has 0 saturated carbocycles. The first-order valence-electron chi connectivity index (χ1n) is 5.24. The lowest BCUT2D eigenvalue weighted by Gasteiger charge is -1.99. The molecule has 18 heavy (non-hydrogen) atoms. The van der Waals surface area contributed by atoms with Gasteiger partial charge in [0.15, 0.2) is 0 Å². The summed E-state index contributed by atoms with van der Waals surface area (Å²) in [6.07, 6.45) is 1.56. The van der Waals surface area contributed by atoms with Gasteiger partial charge in [-0.3, -0.25) is 10.1 Å². The standard InChI is InChI=1S/C11H11FN4O2/c1-13-6-11-14-5-9(15-11)7-2-3-8(12)10(4-7)16(17)18/h2-5,13H,6H2,1H3,(H,14,15). The second-order valence-corrected chi connectivity index (χ2v) is 3.70. The van der Waals surface area contributed by atoms with Crippen molar-refractivity contribution >= 4 is 5.69 Å². The number of halogens is 1. The van der Waals surface area contributed by atoms with E-state index in [1.54, 1.807) is 13.2 Å². The van der Waals surface area contributed by atoms with Crippen molar-refractivity contribution in [2.45, 2.75) is 6.54 Å². The number of imidazole rings is 1. The summed E-state index contributed by atoms with van der Waals surface area (Å²) in [5, 5.41) is 13.6. The summed E-state index contributed by atoms with van der Waals surface area (Å²) in [5.74, 6) is -0.141. The van der Waals surface area contributed by atoms with Crippen LogP contribution in [0.1, 0.15) is 5.82 Å². The van der Waals surface area contributed by atoms with E-state index in [4.69, 9.17) is 0 Å². The summed E-state index contributed by atoms with van der Waals surface area (Å²) in [5.41, 5.74) is 0.596. The highest BCUT2D eigenvalue weighted by Gasteiger charge is 2.15. The maximum Gasteiger partial charge on any atom is 0.305 e. The van der Waals surface area contributed by atoms with Gasteiger partial charge in [-0.15, -0.1) is 0 Å². The van der Waals surface area contributed by atoms with Crippen molar-refractivity contribution in [1.29, 1.82) is 0 Å². The second-order valence-electron chi connectivity index (χ2n) is 3.70.